The van der Waals surface area contributed by atoms with Gasteiger partial charge in [0.25, 0.3) is 11.7 Å². The van der Waals surface area contributed by atoms with Crippen LogP contribution < -0.4 is 0 Å². The average Bonchev–Trinajstić information content (AvgIpc) is 3.35. The predicted molar refractivity (Wildman–Crippen MR) is 279 cm³/mol. The van der Waals surface area contributed by atoms with Crippen molar-refractivity contribution in [1.82, 2.24) is 4.90 Å². The second-order valence-electron chi connectivity index (χ2n) is 23.1. The van der Waals surface area contributed by atoms with Crippen molar-refractivity contribution >= 4 is 37.5 Å². The molecule has 5 rings (SSSR count). The van der Waals surface area contributed by atoms with E-state index in [0.717, 1.165) is 17.6 Å². The highest BCUT2D eigenvalue weighted by Crippen LogP contribution is 2.42. The van der Waals surface area contributed by atoms with Crippen LogP contribution >= 0.6 is 0 Å². The first kappa shape index (κ1) is 59.5. The molecule has 72 heavy (non-hydrogen) atoms. The Bertz CT molecular complexity index is 2070. The molecule has 0 radical (unpaired) electrons. The molecule has 14 atom stereocenters. The van der Waals surface area contributed by atoms with Crippen LogP contribution in [0.1, 0.15) is 143 Å². The maximum atomic E-state index is 15.0. The van der Waals surface area contributed by atoms with Gasteiger partial charge in [0.15, 0.2) is 14.1 Å². The fourth-order valence-electron chi connectivity index (χ4n) is 11.1. The number of piperidine rings is 1. The van der Waals surface area contributed by atoms with E-state index in [2.05, 4.69) is 52.9 Å². The number of rotatable bonds is 12. The quantitative estimate of drug-likeness (QED) is 0.0691. The Morgan fingerprint density at radius 1 is 0.875 bits per heavy atom. The van der Waals surface area contributed by atoms with Gasteiger partial charge in [0.1, 0.15) is 30.6 Å². The molecule has 404 valence electrons. The predicted octanol–water partition coefficient (Wildman–Crippen LogP) is 9.41. The summed E-state index contributed by atoms with van der Waals surface area (Å²) in [7, 11) is 2.18. The van der Waals surface area contributed by atoms with Crippen molar-refractivity contribution < 1.29 is 61.9 Å². The van der Waals surface area contributed by atoms with E-state index in [1.54, 1.807) is 40.4 Å². The molecule has 3 fully saturated rings. The largest absolute Gasteiger partial charge is 0.456 e. The summed E-state index contributed by atoms with van der Waals surface area (Å²) in [5, 5.41) is 12.1. The van der Waals surface area contributed by atoms with Crippen molar-refractivity contribution in [3.63, 3.8) is 0 Å². The monoisotopic (exact) mass is 1020 g/mol. The Morgan fingerprint density at radius 2 is 1.53 bits per heavy atom. The molecule has 0 spiro atoms. The Hall–Kier alpha value is -3.41. The van der Waals surface area contributed by atoms with Crippen LogP contribution in [0.4, 0.5) is 0 Å². The van der Waals surface area contributed by atoms with Crippen LogP contribution in [-0.2, 0) is 52.0 Å². The van der Waals surface area contributed by atoms with Gasteiger partial charge in [-0.2, -0.15) is 0 Å². The van der Waals surface area contributed by atoms with Gasteiger partial charge in [-0.05, 0) is 114 Å². The first-order valence-electron chi connectivity index (χ1n) is 26.7. The smallest absolute Gasteiger partial charge is 0.329 e. The topological polar surface area (TPSA) is 173 Å². The number of allylic oxidation sites excluding steroid dienone is 3. The van der Waals surface area contributed by atoms with Gasteiger partial charge in [-0.1, -0.05) is 96.5 Å². The van der Waals surface area contributed by atoms with Gasteiger partial charge >= 0.3 is 5.97 Å². The van der Waals surface area contributed by atoms with Crippen molar-refractivity contribution in [2.75, 3.05) is 34.5 Å². The zero-order chi connectivity index (χ0) is 53.3. The Morgan fingerprint density at radius 3 is 2.15 bits per heavy atom. The minimum absolute atomic E-state index is 0.0140. The molecule has 1 saturated carbocycles. The second-order valence-corrected chi connectivity index (χ2v) is 27.8. The van der Waals surface area contributed by atoms with Crippen LogP contribution in [0.15, 0.2) is 53.6 Å². The summed E-state index contributed by atoms with van der Waals surface area (Å²) < 4.78 is 44.4. The first-order chi connectivity index (χ1) is 33.9. The standard InChI is InChI=1S/C57H89NO13Si/c1-15-41-28-35(2)27-36(3)29-49(66-11)52-50(67-12)31-38(5)57(64,70-52)53(61)54(62)58-26-20-19-23-43(58)55(63)69-51(39(6)47(33-44(41)59)71-72(13,14)56(7,8)9)37(4)30-40-24-25-46(48(32-40)65-10)68-34-45(60)42-21-17-16-18-22-42/h16-18,21-22,28,30,36,38-41,43,46-52,64H,15,19-20,23-27,29,31-34H2,1-14H3. The zero-order valence-corrected chi connectivity index (χ0v) is 47.0. The lowest BCUT2D eigenvalue weighted by Crippen LogP contribution is -2.64. The summed E-state index contributed by atoms with van der Waals surface area (Å²) in [6.45, 7) is 22.5. The second kappa shape index (κ2) is 25.9. The number of benzene rings is 1. The number of methoxy groups -OCH3 is 3. The summed E-state index contributed by atoms with van der Waals surface area (Å²) in [6.07, 6.45) is 5.32. The van der Waals surface area contributed by atoms with Gasteiger partial charge in [-0.15, -0.1) is 0 Å². The maximum absolute atomic E-state index is 15.0. The van der Waals surface area contributed by atoms with Crippen LogP contribution in [0.2, 0.25) is 18.1 Å². The molecule has 14 nitrogen and oxygen atoms in total. The molecule has 1 aromatic carbocycles. The maximum Gasteiger partial charge on any atom is 0.329 e. The third-order valence-electron chi connectivity index (χ3n) is 16.6. The zero-order valence-electron chi connectivity index (χ0n) is 46.0. The summed E-state index contributed by atoms with van der Waals surface area (Å²) in [5.74, 6) is -7.17. The number of carbonyl (C=O) groups is 5. The molecule has 4 aliphatic rings. The number of ketones is 3. The molecule has 14 unspecified atom stereocenters. The first-order valence-corrected chi connectivity index (χ1v) is 29.6. The van der Waals surface area contributed by atoms with E-state index in [0.29, 0.717) is 50.5 Å². The molecular formula is C57H89NO13Si. The van der Waals surface area contributed by atoms with Gasteiger partial charge < -0.3 is 42.9 Å². The highest BCUT2D eigenvalue weighted by atomic mass is 28.4. The van der Waals surface area contributed by atoms with Crippen molar-refractivity contribution in [3.8, 4) is 0 Å². The normalized spacial score (nSPS) is 34.7. The lowest BCUT2D eigenvalue weighted by molar-refractivity contribution is -0.302. The van der Waals surface area contributed by atoms with Crippen LogP contribution in [-0.4, -0.2) is 137 Å². The Balaban J connectivity index is 1.57. The Labute approximate surface area is 431 Å². The number of amides is 1. The van der Waals surface area contributed by atoms with Gasteiger partial charge in [0.2, 0.25) is 5.79 Å². The lowest BCUT2D eigenvalue weighted by atomic mass is 9.81. The molecule has 15 heteroatoms. The minimum atomic E-state index is -2.57. The molecule has 2 saturated heterocycles. The lowest BCUT2D eigenvalue weighted by Gasteiger charge is -2.47. The van der Waals surface area contributed by atoms with E-state index in [-0.39, 0.29) is 73.1 Å². The number of cyclic esters (lactones) is 1. The number of ether oxygens (including phenoxy) is 6. The van der Waals surface area contributed by atoms with E-state index in [1.807, 2.05) is 45.9 Å². The minimum Gasteiger partial charge on any atom is -0.456 e. The molecule has 0 aromatic heterocycles. The van der Waals surface area contributed by atoms with Gasteiger partial charge in [0, 0.05) is 57.6 Å². The SMILES string of the molecule is CCC1C=C(C)CC(C)CC(OC)C2OC(O)(C(=O)C(=O)N3CCCCC3C(=O)OC(C(C)=CC3CCC(OCC(=O)c4ccccc4)C(OC)C3)C(C)C(O[Si](C)(C)C(C)(C)C)CC1=O)C(C)CC2OC. The van der Waals surface area contributed by atoms with Gasteiger partial charge in [-0.3, -0.25) is 19.2 Å². The molecule has 2 bridgehead atoms. The fraction of sp³-hybridized carbons (Fsp3) is 0.737. The molecule has 1 N–H and O–H groups in total. The number of aliphatic hydroxyl groups is 1. The number of nitrogens with zero attached hydrogens (tertiary/aromatic N) is 1. The van der Waals surface area contributed by atoms with E-state index >= 15 is 0 Å². The summed E-state index contributed by atoms with van der Waals surface area (Å²) in [5.41, 5.74) is 2.39. The summed E-state index contributed by atoms with van der Waals surface area (Å²) in [6, 6.07) is 7.94. The number of hydrogen-bond acceptors (Lipinski definition) is 13. The highest BCUT2D eigenvalue weighted by Gasteiger charge is 2.57. The highest BCUT2D eigenvalue weighted by molar-refractivity contribution is 6.74. The summed E-state index contributed by atoms with van der Waals surface area (Å²) >= 11 is 0. The van der Waals surface area contributed by atoms with Crippen LogP contribution in [0.25, 0.3) is 0 Å². The fourth-order valence-corrected chi connectivity index (χ4v) is 12.6. The van der Waals surface area contributed by atoms with Crippen LogP contribution in [0, 0.1) is 29.6 Å². The van der Waals surface area contributed by atoms with Crippen molar-refractivity contribution in [1.29, 1.82) is 0 Å². The molecule has 3 heterocycles. The van der Waals surface area contributed by atoms with Gasteiger partial charge in [-0.25, -0.2) is 4.79 Å². The van der Waals surface area contributed by atoms with Crippen LogP contribution in [0.3, 0.4) is 0 Å². The Kier molecular flexibility index (Phi) is 21.4. The third kappa shape index (κ3) is 14.5. The molecular weight excluding hydrogens is 935 g/mol. The summed E-state index contributed by atoms with van der Waals surface area (Å²) in [4.78, 5) is 73.2. The van der Waals surface area contributed by atoms with E-state index in [4.69, 9.17) is 32.8 Å². The third-order valence-corrected chi connectivity index (χ3v) is 21.1. The molecule has 3 aliphatic heterocycles. The van der Waals surface area contributed by atoms with Crippen molar-refractivity contribution in [2.24, 2.45) is 29.6 Å². The van der Waals surface area contributed by atoms with Crippen LogP contribution in [0.5, 0.6) is 0 Å². The number of esters is 1. The van der Waals surface area contributed by atoms with Gasteiger partial charge in [0.05, 0.1) is 30.5 Å². The van der Waals surface area contributed by atoms with E-state index in [9.17, 15) is 29.1 Å². The van der Waals surface area contributed by atoms with Crippen molar-refractivity contribution in [3.05, 3.63) is 59.2 Å². The van der Waals surface area contributed by atoms with E-state index in [1.165, 1.54) is 4.90 Å². The van der Waals surface area contributed by atoms with Crippen molar-refractivity contribution in [2.45, 2.75) is 206 Å². The molecule has 1 aromatic rings. The van der Waals surface area contributed by atoms with E-state index < -0.39 is 86.1 Å². The number of carbonyl (C=O) groups excluding carboxylic acids is 5. The number of fused-ring (bicyclic) bond motifs is 3. The molecule has 1 aliphatic carbocycles. The molecule has 1 amide bonds. The number of Topliss-reactive ketones (excluding diaryl/α,β-unsaturated/α-hetero) is 3. The number of hydrogen-bond donors (Lipinski definition) is 1. The average molecular weight is 1020 g/mol.